The fraction of sp³-hybridized carbons (Fsp3) is 0.289. The Hall–Kier alpha value is -4.40. The number of esters is 1. The number of fused-ring (bicyclic) bond motifs is 1. The maximum Gasteiger partial charge on any atom is 0.338 e. The molecule has 1 atom stereocenters. The first-order valence-electron chi connectivity index (χ1n) is 15.7. The van der Waals surface area contributed by atoms with Crippen molar-refractivity contribution in [1.82, 2.24) is 4.57 Å². The lowest BCUT2D eigenvalue weighted by Crippen LogP contribution is -2.39. The molecule has 0 saturated heterocycles. The third-order valence-corrected chi connectivity index (χ3v) is 9.08. The van der Waals surface area contributed by atoms with Crippen molar-refractivity contribution < 1.29 is 19.0 Å². The van der Waals surface area contributed by atoms with Gasteiger partial charge in [0.05, 0.1) is 35.1 Å². The summed E-state index contributed by atoms with van der Waals surface area (Å²) in [6.07, 6.45) is 4.18. The standard InChI is InChI=1S/C38H39ClN2O5S/c1-7-10-29-19-26(20-31(44-8-2)35(29)46-22-25-11-17-30(39)18-12-25)21-32-36(42)41-34(28-15-13-27(14-16-28)23(4)5)33(37(43)45-9-3)24(6)40-38(41)47-32/h7,11-21,23,34H,1,8-10,22H2,2-6H3/b32-21+/t34-/m1/s1. The summed E-state index contributed by atoms with van der Waals surface area (Å²) in [6.45, 7) is 14.6. The SMILES string of the molecule is C=CCc1cc(/C=c2/sc3n(c2=O)[C@H](c2ccc(C(C)C)cc2)C(C(=O)OCC)=C(C)N=3)cc(OCC)c1OCc1ccc(Cl)cc1. The number of nitrogens with zero attached hydrogens (tertiary/aromatic N) is 2. The number of benzene rings is 3. The molecule has 2 heterocycles. The minimum Gasteiger partial charge on any atom is -0.490 e. The molecule has 0 amide bonds. The number of carbonyl (C=O) groups is 1. The number of hydrogen-bond acceptors (Lipinski definition) is 7. The van der Waals surface area contributed by atoms with E-state index in [4.69, 9.17) is 30.8 Å². The van der Waals surface area contributed by atoms with Gasteiger partial charge in [0, 0.05) is 10.6 Å². The Kier molecular flexibility index (Phi) is 10.8. The highest BCUT2D eigenvalue weighted by atomic mass is 35.5. The third-order valence-electron chi connectivity index (χ3n) is 7.85. The van der Waals surface area contributed by atoms with Gasteiger partial charge in [0.15, 0.2) is 16.3 Å². The summed E-state index contributed by atoms with van der Waals surface area (Å²) in [5.41, 5.74) is 5.25. The number of carbonyl (C=O) groups excluding carboxylic acids is 1. The monoisotopic (exact) mass is 670 g/mol. The molecule has 4 aromatic rings. The van der Waals surface area contributed by atoms with E-state index in [0.717, 1.165) is 22.3 Å². The Labute approximate surface area is 284 Å². The van der Waals surface area contributed by atoms with Gasteiger partial charge in [-0.2, -0.15) is 0 Å². The zero-order chi connectivity index (χ0) is 33.7. The molecular formula is C38H39ClN2O5S. The van der Waals surface area contributed by atoms with Crippen molar-refractivity contribution in [3.05, 3.63) is 137 Å². The van der Waals surface area contributed by atoms with E-state index in [2.05, 4.69) is 20.4 Å². The van der Waals surface area contributed by atoms with Crippen molar-refractivity contribution >= 4 is 35.0 Å². The average molecular weight is 671 g/mol. The highest BCUT2D eigenvalue weighted by Crippen LogP contribution is 2.35. The molecule has 0 aliphatic carbocycles. The fourth-order valence-electron chi connectivity index (χ4n) is 5.56. The molecule has 3 aromatic carbocycles. The second-order valence-corrected chi connectivity index (χ2v) is 12.9. The number of thiazole rings is 1. The lowest BCUT2D eigenvalue weighted by Gasteiger charge is -2.25. The van der Waals surface area contributed by atoms with Gasteiger partial charge in [-0.1, -0.05) is 79.3 Å². The number of hydrogen-bond donors (Lipinski definition) is 0. The molecule has 1 aliphatic rings. The van der Waals surface area contributed by atoms with Crippen LogP contribution in [-0.4, -0.2) is 23.8 Å². The maximum atomic E-state index is 14.2. The van der Waals surface area contributed by atoms with Gasteiger partial charge in [0.25, 0.3) is 5.56 Å². The molecule has 0 bridgehead atoms. The van der Waals surface area contributed by atoms with E-state index in [9.17, 15) is 9.59 Å². The molecule has 5 rings (SSSR count). The van der Waals surface area contributed by atoms with Crippen LogP contribution in [0.5, 0.6) is 11.5 Å². The Balaban J connectivity index is 1.62. The molecule has 0 saturated carbocycles. The molecule has 1 aromatic heterocycles. The van der Waals surface area contributed by atoms with Crippen molar-refractivity contribution in [2.75, 3.05) is 13.2 Å². The van der Waals surface area contributed by atoms with Crippen LogP contribution < -0.4 is 24.4 Å². The van der Waals surface area contributed by atoms with Gasteiger partial charge in [-0.3, -0.25) is 9.36 Å². The Morgan fingerprint density at radius 2 is 1.79 bits per heavy atom. The predicted molar refractivity (Wildman–Crippen MR) is 188 cm³/mol. The first kappa shape index (κ1) is 33.9. The molecule has 0 fully saturated rings. The van der Waals surface area contributed by atoms with E-state index in [1.54, 1.807) is 18.4 Å². The quantitative estimate of drug-likeness (QED) is 0.117. The zero-order valence-corrected chi connectivity index (χ0v) is 28.9. The third kappa shape index (κ3) is 7.45. The first-order valence-corrected chi connectivity index (χ1v) is 16.9. The van der Waals surface area contributed by atoms with Crippen LogP contribution >= 0.6 is 22.9 Å². The van der Waals surface area contributed by atoms with Crippen molar-refractivity contribution in [3.8, 4) is 11.5 Å². The topological polar surface area (TPSA) is 79.1 Å². The Morgan fingerprint density at radius 1 is 1.06 bits per heavy atom. The van der Waals surface area contributed by atoms with E-state index in [1.807, 2.05) is 79.7 Å². The predicted octanol–water partition coefficient (Wildman–Crippen LogP) is 7.28. The fourth-order valence-corrected chi connectivity index (χ4v) is 6.73. The van der Waals surface area contributed by atoms with E-state index in [-0.39, 0.29) is 12.2 Å². The molecule has 9 heteroatoms. The van der Waals surface area contributed by atoms with Crippen molar-refractivity contribution in [2.45, 2.75) is 59.6 Å². The summed E-state index contributed by atoms with van der Waals surface area (Å²) < 4.78 is 19.9. The zero-order valence-electron chi connectivity index (χ0n) is 27.3. The Morgan fingerprint density at radius 3 is 2.43 bits per heavy atom. The van der Waals surface area contributed by atoms with Crippen LogP contribution in [0, 0.1) is 0 Å². The van der Waals surface area contributed by atoms with Crippen LogP contribution in [0.3, 0.4) is 0 Å². The molecule has 0 unspecified atom stereocenters. The smallest absolute Gasteiger partial charge is 0.338 e. The highest BCUT2D eigenvalue weighted by molar-refractivity contribution is 7.07. The van der Waals surface area contributed by atoms with Crippen LogP contribution in [0.25, 0.3) is 6.08 Å². The summed E-state index contributed by atoms with van der Waals surface area (Å²) in [4.78, 5) is 32.7. The number of ether oxygens (including phenoxy) is 3. The summed E-state index contributed by atoms with van der Waals surface area (Å²) >= 11 is 7.34. The molecule has 1 aliphatic heterocycles. The van der Waals surface area contributed by atoms with Crippen LogP contribution in [0.1, 0.15) is 74.4 Å². The van der Waals surface area contributed by atoms with Crippen LogP contribution in [-0.2, 0) is 22.6 Å². The van der Waals surface area contributed by atoms with Gasteiger partial charge in [-0.05, 0) is 85.7 Å². The van der Waals surface area contributed by atoms with Crippen LogP contribution in [0.4, 0.5) is 0 Å². The highest BCUT2D eigenvalue weighted by Gasteiger charge is 2.33. The van der Waals surface area contributed by atoms with E-state index in [1.165, 1.54) is 16.9 Å². The van der Waals surface area contributed by atoms with Gasteiger partial charge in [-0.25, -0.2) is 9.79 Å². The molecule has 47 heavy (non-hydrogen) atoms. The minimum absolute atomic E-state index is 0.216. The van der Waals surface area contributed by atoms with Crippen molar-refractivity contribution in [3.63, 3.8) is 0 Å². The van der Waals surface area contributed by atoms with Crippen LogP contribution in [0.2, 0.25) is 5.02 Å². The normalized spacial score (nSPS) is 14.5. The maximum absolute atomic E-state index is 14.2. The van der Waals surface area contributed by atoms with Gasteiger partial charge in [0.1, 0.15) is 6.61 Å². The Bertz CT molecular complexity index is 1990. The molecule has 0 spiro atoms. The minimum atomic E-state index is -0.674. The average Bonchev–Trinajstić information content (AvgIpc) is 3.34. The van der Waals surface area contributed by atoms with Gasteiger partial charge >= 0.3 is 5.97 Å². The van der Waals surface area contributed by atoms with Crippen molar-refractivity contribution in [2.24, 2.45) is 4.99 Å². The number of halogens is 1. The molecule has 7 nitrogen and oxygen atoms in total. The van der Waals surface area contributed by atoms with E-state index < -0.39 is 12.0 Å². The lowest BCUT2D eigenvalue weighted by atomic mass is 9.93. The number of aromatic nitrogens is 1. The largest absolute Gasteiger partial charge is 0.490 e. The molecular weight excluding hydrogens is 632 g/mol. The molecule has 244 valence electrons. The summed E-state index contributed by atoms with van der Waals surface area (Å²) in [7, 11) is 0. The summed E-state index contributed by atoms with van der Waals surface area (Å²) in [5.74, 6) is 1.06. The van der Waals surface area contributed by atoms with Gasteiger partial charge in [-0.15, -0.1) is 6.58 Å². The molecule has 0 N–H and O–H groups in total. The summed E-state index contributed by atoms with van der Waals surface area (Å²) in [5, 5.41) is 0.661. The number of allylic oxidation sites excluding steroid dienone is 2. The van der Waals surface area contributed by atoms with Gasteiger partial charge in [0.2, 0.25) is 0 Å². The van der Waals surface area contributed by atoms with Crippen LogP contribution in [0.15, 0.2) is 94.4 Å². The molecule has 0 radical (unpaired) electrons. The second-order valence-electron chi connectivity index (χ2n) is 11.5. The van der Waals surface area contributed by atoms with E-state index in [0.29, 0.717) is 62.7 Å². The lowest BCUT2D eigenvalue weighted by molar-refractivity contribution is -0.139. The summed E-state index contributed by atoms with van der Waals surface area (Å²) in [6, 6.07) is 18.7. The van der Waals surface area contributed by atoms with Gasteiger partial charge < -0.3 is 14.2 Å². The second kappa shape index (κ2) is 15.0. The van der Waals surface area contributed by atoms with Crippen molar-refractivity contribution in [1.29, 1.82) is 0 Å². The number of rotatable bonds is 12. The first-order chi connectivity index (χ1) is 22.6. The van der Waals surface area contributed by atoms with E-state index >= 15 is 0 Å².